The van der Waals surface area contributed by atoms with Crippen LogP contribution in [0, 0.1) is 23.1 Å². The van der Waals surface area contributed by atoms with E-state index in [2.05, 4.69) is 10.3 Å². The standard InChI is InChI=1S/C27H34F3N7O3/c1-15-12-35(14-22(32)27(15,29)30)24-17(11-31)9-19(28)23(34-24)33-18-5-6-20-21(10-18)36(8-7-26(3,4)40)25(39)37(20)13-16(2)38/h5-6,9-10,15-16,22,38,40H,7-8,12-14,32H2,1-4H3,(H,33,34)/t15-,16-,22+/m0/s1. The molecule has 1 saturated heterocycles. The molecule has 0 bridgehead atoms. The second-order valence-corrected chi connectivity index (χ2v) is 11.2. The number of hydrogen-bond acceptors (Lipinski definition) is 8. The van der Waals surface area contributed by atoms with E-state index in [1.807, 2.05) is 6.07 Å². The topological polar surface area (TPSA) is 145 Å². The molecule has 13 heteroatoms. The van der Waals surface area contributed by atoms with Gasteiger partial charge < -0.3 is 26.2 Å². The highest BCUT2D eigenvalue weighted by Crippen LogP contribution is 2.36. The highest BCUT2D eigenvalue weighted by atomic mass is 19.3. The van der Waals surface area contributed by atoms with Gasteiger partial charge in [0, 0.05) is 31.2 Å². The Labute approximate surface area is 229 Å². The molecule has 40 heavy (non-hydrogen) atoms. The van der Waals surface area contributed by atoms with Gasteiger partial charge in [0.2, 0.25) is 0 Å². The van der Waals surface area contributed by atoms with E-state index in [0.29, 0.717) is 16.7 Å². The van der Waals surface area contributed by atoms with E-state index in [9.17, 15) is 29.1 Å². The maximum Gasteiger partial charge on any atom is 0.329 e. The summed E-state index contributed by atoms with van der Waals surface area (Å²) in [6, 6.07) is 6.26. The molecule has 0 radical (unpaired) electrons. The van der Waals surface area contributed by atoms with E-state index in [-0.39, 0.29) is 55.5 Å². The molecule has 2 aromatic heterocycles. The van der Waals surface area contributed by atoms with Gasteiger partial charge in [-0.25, -0.2) is 22.9 Å². The number of piperidine rings is 1. The van der Waals surface area contributed by atoms with Gasteiger partial charge in [0.25, 0.3) is 5.92 Å². The van der Waals surface area contributed by atoms with Crippen LogP contribution in [0.3, 0.4) is 0 Å². The maximum atomic E-state index is 15.0. The molecule has 0 amide bonds. The largest absolute Gasteiger partial charge is 0.392 e. The zero-order valence-electron chi connectivity index (χ0n) is 22.8. The Balaban J connectivity index is 1.73. The molecule has 3 atom stereocenters. The summed E-state index contributed by atoms with van der Waals surface area (Å²) in [7, 11) is 0. The average molecular weight is 562 g/mol. The fourth-order valence-corrected chi connectivity index (χ4v) is 4.89. The molecule has 5 N–H and O–H groups in total. The van der Waals surface area contributed by atoms with E-state index in [1.54, 1.807) is 39.0 Å². The molecule has 3 aromatic rings. The zero-order chi connectivity index (χ0) is 29.6. The van der Waals surface area contributed by atoms with Gasteiger partial charge in [0.1, 0.15) is 11.9 Å². The molecule has 0 spiro atoms. The number of rotatable bonds is 8. The summed E-state index contributed by atoms with van der Waals surface area (Å²) < 4.78 is 46.6. The summed E-state index contributed by atoms with van der Waals surface area (Å²) in [6.07, 6.45) is -0.507. The molecule has 216 valence electrons. The first-order chi connectivity index (χ1) is 18.6. The van der Waals surface area contributed by atoms with Gasteiger partial charge in [0.15, 0.2) is 11.6 Å². The van der Waals surface area contributed by atoms with E-state index in [4.69, 9.17) is 5.73 Å². The number of halogens is 3. The van der Waals surface area contributed by atoms with Crippen LogP contribution in [-0.2, 0) is 13.1 Å². The van der Waals surface area contributed by atoms with Crippen molar-refractivity contribution in [2.24, 2.45) is 11.7 Å². The number of benzene rings is 1. The van der Waals surface area contributed by atoms with Crippen LogP contribution >= 0.6 is 0 Å². The molecule has 3 heterocycles. The van der Waals surface area contributed by atoms with E-state index >= 15 is 4.39 Å². The number of aryl methyl sites for hydroxylation is 1. The quantitative estimate of drug-likeness (QED) is 0.329. The molecular weight excluding hydrogens is 527 g/mol. The molecular formula is C27H34F3N7O3. The molecule has 0 unspecified atom stereocenters. The fourth-order valence-electron chi connectivity index (χ4n) is 4.89. The van der Waals surface area contributed by atoms with Crippen LogP contribution < -0.4 is 21.6 Å². The number of nitriles is 1. The zero-order valence-corrected chi connectivity index (χ0v) is 22.8. The van der Waals surface area contributed by atoms with Crippen molar-refractivity contribution < 1.29 is 23.4 Å². The van der Waals surface area contributed by atoms with Crippen molar-refractivity contribution in [3.8, 4) is 6.07 Å². The van der Waals surface area contributed by atoms with Crippen LogP contribution in [0.4, 0.5) is 30.5 Å². The fraction of sp³-hybridized carbons (Fsp3) is 0.519. The van der Waals surface area contributed by atoms with Crippen LogP contribution in [0.15, 0.2) is 29.1 Å². The third-order valence-electron chi connectivity index (χ3n) is 7.11. The summed E-state index contributed by atoms with van der Waals surface area (Å²) in [5.74, 6) is -5.23. The first-order valence-electron chi connectivity index (χ1n) is 13.0. The second-order valence-electron chi connectivity index (χ2n) is 11.2. The van der Waals surface area contributed by atoms with E-state index in [0.717, 1.165) is 6.07 Å². The van der Waals surface area contributed by atoms with Crippen molar-refractivity contribution in [3.05, 3.63) is 46.1 Å². The van der Waals surface area contributed by atoms with Crippen LogP contribution in [-0.4, -0.2) is 61.1 Å². The molecule has 1 fully saturated rings. The lowest BCUT2D eigenvalue weighted by atomic mass is 9.91. The van der Waals surface area contributed by atoms with E-state index < -0.39 is 35.4 Å². The van der Waals surface area contributed by atoms with Gasteiger partial charge in [-0.1, -0.05) is 6.92 Å². The SMILES string of the molecule is C[C@H](O)Cn1c(=O)n(CCC(C)(C)O)c2cc(Nc3nc(N4C[C@@H](N)C(F)(F)[C@@H](C)C4)c(C#N)cc3F)ccc21. The van der Waals surface area contributed by atoms with Crippen LogP contribution in [0.2, 0.25) is 0 Å². The van der Waals surface area contributed by atoms with Crippen molar-refractivity contribution in [1.82, 2.24) is 14.1 Å². The molecule has 0 saturated carbocycles. The first-order valence-corrected chi connectivity index (χ1v) is 13.0. The molecule has 4 rings (SSSR count). The van der Waals surface area contributed by atoms with Crippen molar-refractivity contribution in [2.75, 3.05) is 23.3 Å². The normalized spacial score (nSPS) is 20.0. The lowest BCUT2D eigenvalue weighted by Crippen LogP contribution is -2.60. The molecule has 0 aliphatic carbocycles. The lowest BCUT2D eigenvalue weighted by Gasteiger charge is -2.41. The number of hydrogen-bond donors (Lipinski definition) is 4. The number of aliphatic hydroxyl groups is 2. The van der Waals surface area contributed by atoms with Crippen molar-refractivity contribution >= 4 is 28.4 Å². The van der Waals surface area contributed by atoms with Crippen molar-refractivity contribution in [3.63, 3.8) is 0 Å². The summed E-state index contributed by atoms with van der Waals surface area (Å²) in [6.45, 7) is 6.06. The van der Waals surface area contributed by atoms with Crippen molar-refractivity contribution in [2.45, 2.75) is 70.9 Å². The summed E-state index contributed by atoms with van der Waals surface area (Å²) in [4.78, 5) is 18.9. The summed E-state index contributed by atoms with van der Waals surface area (Å²) >= 11 is 0. The number of anilines is 3. The van der Waals surface area contributed by atoms with Gasteiger partial charge in [-0.2, -0.15) is 5.26 Å². The Morgan fingerprint density at radius 2 is 1.98 bits per heavy atom. The third kappa shape index (κ3) is 5.79. The second kappa shape index (κ2) is 10.8. The molecule has 1 aromatic carbocycles. The van der Waals surface area contributed by atoms with Crippen LogP contribution in [0.1, 0.15) is 39.7 Å². The summed E-state index contributed by atoms with van der Waals surface area (Å²) in [5.41, 5.74) is 5.62. The Bertz CT molecular complexity index is 1490. The number of imidazole rings is 1. The Morgan fingerprint density at radius 3 is 2.58 bits per heavy atom. The summed E-state index contributed by atoms with van der Waals surface area (Å²) in [5, 5.41) is 32.6. The van der Waals surface area contributed by atoms with Crippen LogP contribution in [0.5, 0.6) is 0 Å². The average Bonchev–Trinajstić information content (AvgIpc) is 3.11. The van der Waals surface area contributed by atoms with E-state index in [1.165, 1.54) is 21.0 Å². The predicted molar refractivity (Wildman–Crippen MR) is 145 cm³/mol. The Kier molecular flexibility index (Phi) is 7.90. The third-order valence-corrected chi connectivity index (χ3v) is 7.11. The van der Waals surface area contributed by atoms with Gasteiger partial charge in [0.05, 0.1) is 40.9 Å². The minimum Gasteiger partial charge on any atom is -0.392 e. The molecule has 10 nitrogen and oxygen atoms in total. The minimum atomic E-state index is -3.09. The Hall–Kier alpha value is -3.60. The highest BCUT2D eigenvalue weighted by molar-refractivity contribution is 5.81. The number of nitrogens with one attached hydrogen (secondary N) is 1. The lowest BCUT2D eigenvalue weighted by molar-refractivity contribution is -0.0807. The Morgan fingerprint density at radius 1 is 1.27 bits per heavy atom. The van der Waals surface area contributed by atoms with Gasteiger partial charge in [-0.05, 0) is 51.5 Å². The maximum absolute atomic E-state index is 15.0. The number of nitrogens with two attached hydrogens (primary N) is 1. The number of aliphatic hydroxyl groups excluding tert-OH is 1. The molecule has 1 aliphatic heterocycles. The number of fused-ring (bicyclic) bond motifs is 1. The minimum absolute atomic E-state index is 0.0375. The molecule has 1 aliphatic rings. The first kappa shape index (κ1) is 29.4. The number of pyridine rings is 1. The highest BCUT2D eigenvalue weighted by Gasteiger charge is 2.48. The number of aromatic nitrogens is 3. The predicted octanol–water partition coefficient (Wildman–Crippen LogP) is 2.91. The number of nitrogens with zero attached hydrogens (tertiary/aromatic N) is 5. The van der Waals surface area contributed by atoms with Gasteiger partial charge >= 0.3 is 5.69 Å². The van der Waals surface area contributed by atoms with Gasteiger partial charge in [-0.3, -0.25) is 9.13 Å². The van der Waals surface area contributed by atoms with Crippen molar-refractivity contribution in [1.29, 1.82) is 5.26 Å². The van der Waals surface area contributed by atoms with Gasteiger partial charge in [-0.15, -0.1) is 0 Å². The smallest absolute Gasteiger partial charge is 0.329 e. The number of alkyl halides is 2. The van der Waals surface area contributed by atoms with Crippen LogP contribution in [0.25, 0.3) is 11.0 Å². The monoisotopic (exact) mass is 561 g/mol.